The van der Waals surface area contributed by atoms with Crippen molar-refractivity contribution >= 4 is 10.4 Å². The van der Waals surface area contributed by atoms with Gasteiger partial charge in [0, 0.05) is 10.4 Å². The lowest BCUT2D eigenvalue weighted by atomic mass is 10.1. The van der Waals surface area contributed by atoms with Crippen molar-refractivity contribution in [2.45, 2.75) is 71.6 Å². The van der Waals surface area contributed by atoms with Crippen molar-refractivity contribution < 1.29 is 23.4 Å². The fourth-order valence-electron chi connectivity index (χ4n) is 2.22. The van der Waals surface area contributed by atoms with Gasteiger partial charge >= 0.3 is 1.43 Å². The molecule has 0 unspecified atom stereocenters. The van der Waals surface area contributed by atoms with Gasteiger partial charge in [0.05, 0.1) is 27.2 Å². The lowest BCUT2D eigenvalue weighted by Crippen LogP contribution is -2.41. The molecular formula is C15H35NO4S. The minimum atomic E-state index is -5.17. The molecule has 0 aliphatic rings. The second kappa shape index (κ2) is 13.5. The molecule has 0 amide bonds. The molecule has 6 heteroatoms. The maximum Gasteiger partial charge on any atom is 1.00 e. The van der Waals surface area contributed by atoms with Gasteiger partial charge in [0.1, 0.15) is 0 Å². The molecule has 0 saturated heterocycles. The Morgan fingerprint density at radius 3 is 1.48 bits per heavy atom. The van der Waals surface area contributed by atoms with E-state index in [9.17, 15) is 0 Å². The largest absolute Gasteiger partial charge is 1.00 e. The van der Waals surface area contributed by atoms with E-state index in [4.69, 9.17) is 17.5 Å². The summed E-state index contributed by atoms with van der Waals surface area (Å²) in [6.07, 6.45) is 12.7. The van der Waals surface area contributed by atoms with Gasteiger partial charge in [-0.05, 0) is 25.7 Å². The van der Waals surface area contributed by atoms with Crippen molar-refractivity contribution in [1.82, 2.24) is 0 Å². The molecule has 0 aromatic carbocycles. The quantitative estimate of drug-likeness (QED) is 0.252. The van der Waals surface area contributed by atoms with Gasteiger partial charge < -0.3 is 13.6 Å². The molecule has 5 nitrogen and oxygen atoms in total. The zero-order chi connectivity index (χ0) is 16.8. The van der Waals surface area contributed by atoms with Crippen LogP contribution in [0.3, 0.4) is 0 Å². The molecule has 0 aliphatic heterocycles. The summed E-state index contributed by atoms with van der Waals surface area (Å²) in [7, 11) is -0.386. The summed E-state index contributed by atoms with van der Waals surface area (Å²) in [5.74, 6) is 0. The summed E-state index contributed by atoms with van der Waals surface area (Å²) >= 11 is 0. The highest BCUT2D eigenvalue weighted by Crippen LogP contribution is 2.09. The van der Waals surface area contributed by atoms with E-state index in [1.54, 1.807) is 0 Å². The van der Waals surface area contributed by atoms with Crippen LogP contribution in [0.1, 0.15) is 73.1 Å². The van der Waals surface area contributed by atoms with E-state index in [0.717, 1.165) is 0 Å². The van der Waals surface area contributed by atoms with Crippen LogP contribution in [-0.4, -0.2) is 49.2 Å². The zero-order valence-electron chi connectivity index (χ0n) is 15.3. The van der Waals surface area contributed by atoms with E-state index in [0.29, 0.717) is 0 Å². The highest BCUT2D eigenvalue weighted by atomic mass is 32.3. The summed E-state index contributed by atoms with van der Waals surface area (Å²) in [4.78, 5) is 0. The Kier molecular flexibility index (Phi) is 14.8. The SMILES string of the molecule is CCCCCCCC[N+](C)(C)CCCCC.O=S(=O)([O-])[O-].[H+]. The molecular weight excluding hydrogens is 290 g/mol. The molecule has 0 spiro atoms. The van der Waals surface area contributed by atoms with Crippen molar-refractivity contribution in [3.63, 3.8) is 0 Å². The first-order valence-electron chi connectivity index (χ1n) is 8.11. The van der Waals surface area contributed by atoms with Crippen molar-refractivity contribution in [3.05, 3.63) is 0 Å². The van der Waals surface area contributed by atoms with Crippen LogP contribution in [-0.2, 0) is 10.4 Å². The summed E-state index contributed by atoms with van der Waals surface area (Å²) in [5, 5.41) is 0. The maximum atomic E-state index is 8.52. The Hall–Kier alpha value is -0.170. The van der Waals surface area contributed by atoms with Gasteiger partial charge in [-0.25, -0.2) is 0 Å². The first kappa shape index (κ1) is 23.1. The number of nitrogens with zero attached hydrogens (tertiary/aromatic N) is 1. The second-order valence-corrected chi connectivity index (χ2v) is 7.08. The molecule has 0 rings (SSSR count). The van der Waals surface area contributed by atoms with Crippen LogP contribution in [0, 0.1) is 0 Å². The van der Waals surface area contributed by atoms with Crippen LogP contribution >= 0.6 is 0 Å². The maximum absolute atomic E-state index is 8.52. The fraction of sp³-hybridized carbons (Fsp3) is 1.00. The van der Waals surface area contributed by atoms with Gasteiger partial charge in [-0.2, -0.15) is 0 Å². The average Bonchev–Trinajstić information content (AvgIpc) is 2.32. The molecule has 0 heterocycles. The second-order valence-electron chi connectivity index (χ2n) is 6.27. The monoisotopic (exact) mass is 325 g/mol. The predicted octanol–water partition coefficient (Wildman–Crippen LogP) is 3.39. The lowest BCUT2D eigenvalue weighted by molar-refractivity contribution is -0.890. The molecule has 0 bridgehead atoms. The topological polar surface area (TPSA) is 80.3 Å². The van der Waals surface area contributed by atoms with Crippen LogP contribution in [0.4, 0.5) is 0 Å². The number of hydrogen-bond acceptors (Lipinski definition) is 4. The van der Waals surface area contributed by atoms with Crippen molar-refractivity contribution in [1.29, 1.82) is 0 Å². The van der Waals surface area contributed by atoms with Crippen LogP contribution in [0.2, 0.25) is 0 Å². The fourth-order valence-corrected chi connectivity index (χ4v) is 2.22. The third kappa shape index (κ3) is 28.7. The summed E-state index contributed by atoms with van der Waals surface area (Å²) in [6, 6.07) is 0. The molecule has 0 radical (unpaired) electrons. The van der Waals surface area contributed by atoms with Crippen molar-refractivity contribution in [2.24, 2.45) is 0 Å². The molecule has 0 saturated carbocycles. The van der Waals surface area contributed by atoms with Crippen molar-refractivity contribution in [3.8, 4) is 0 Å². The Morgan fingerprint density at radius 1 is 0.762 bits per heavy atom. The van der Waals surface area contributed by atoms with Crippen LogP contribution < -0.4 is 0 Å². The predicted molar refractivity (Wildman–Crippen MR) is 86.3 cm³/mol. The summed E-state index contributed by atoms with van der Waals surface area (Å²) in [6.45, 7) is 7.31. The van der Waals surface area contributed by atoms with E-state index in [1.165, 1.54) is 75.4 Å². The molecule has 0 N–H and O–H groups in total. The lowest BCUT2D eigenvalue weighted by Gasteiger charge is -2.29. The van der Waals surface area contributed by atoms with Gasteiger partial charge in [-0.3, -0.25) is 8.42 Å². The first-order chi connectivity index (χ1) is 9.62. The van der Waals surface area contributed by atoms with E-state index >= 15 is 0 Å². The zero-order valence-corrected chi connectivity index (χ0v) is 15.1. The van der Waals surface area contributed by atoms with E-state index in [2.05, 4.69) is 27.9 Å². The summed E-state index contributed by atoms with van der Waals surface area (Å²) in [5.41, 5.74) is 0. The number of quaternary nitrogens is 1. The van der Waals surface area contributed by atoms with Crippen LogP contribution in [0.15, 0.2) is 0 Å². The third-order valence-corrected chi connectivity index (χ3v) is 3.48. The Morgan fingerprint density at radius 2 is 1.05 bits per heavy atom. The van der Waals surface area contributed by atoms with E-state index < -0.39 is 10.4 Å². The molecule has 0 fully saturated rings. The Labute approximate surface area is 133 Å². The minimum Gasteiger partial charge on any atom is -0.759 e. The number of rotatable bonds is 11. The molecule has 0 aromatic heterocycles. The van der Waals surface area contributed by atoms with Gasteiger partial charge in [0.15, 0.2) is 0 Å². The van der Waals surface area contributed by atoms with Crippen molar-refractivity contribution in [2.75, 3.05) is 27.2 Å². The van der Waals surface area contributed by atoms with Gasteiger partial charge in [-0.1, -0.05) is 46.0 Å². The first-order valence-corrected chi connectivity index (χ1v) is 9.44. The average molecular weight is 326 g/mol. The van der Waals surface area contributed by atoms with Crippen LogP contribution in [0.25, 0.3) is 0 Å². The molecule has 0 aliphatic carbocycles. The van der Waals surface area contributed by atoms with E-state index in [1.807, 2.05) is 0 Å². The highest BCUT2D eigenvalue weighted by molar-refractivity contribution is 7.79. The van der Waals surface area contributed by atoms with Gasteiger partial charge in [0.2, 0.25) is 0 Å². The Balaban J connectivity index is -0.000000520. The Bertz CT molecular complexity index is 314. The summed E-state index contributed by atoms with van der Waals surface area (Å²) < 4.78 is 35.3. The number of hydrogen-bond donors (Lipinski definition) is 0. The highest BCUT2D eigenvalue weighted by Gasteiger charge is 2.12. The van der Waals surface area contributed by atoms with Gasteiger partial charge in [0.25, 0.3) is 0 Å². The minimum absolute atomic E-state index is 0. The molecule has 0 atom stereocenters. The number of unbranched alkanes of at least 4 members (excludes halogenated alkanes) is 7. The molecule has 0 aromatic rings. The third-order valence-electron chi connectivity index (χ3n) is 3.48. The molecule has 21 heavy (non-hydrogen) atoms. The van der Waals surface area contributed by atoms with Crippen LogP contribution in [0.5, 0.6) is 0 Å². The normalized spacial score (nSPS) is 11.9. The molecule has 130 valence electrons. The van der Waals surface area contributed by atoms with E-state index in [-0.39, 0.29) is 1.43 Å². The van der Waals surface area contributed by atoms with Gasteiger partial charge in [-0.15, -0.1) is 0 Å². The standard InChI is InChI=1S/C15H34N.H2O4S/c1-5-7-9-10-11-13-15-16(3,4)14-12-8-6-2;1-5(2,3)4/h5-15H2,1-4H3;(H2,1,2,3,4)/q+1;/p-1. The smallest absolute Gasteiger partial charge is 0.759 e.